The summed E-state index contributed by atoms with van der Waals surface area (Å²) in [4.78, 5) is 3.41. The van der Waals surface area contributed by atoms with Crippen LogP contribution in [0.15, 0.2) is 33.8 Å². The predicted molar refractivity (Wildman–Crippen MR) is 99.7 cm³/mol. The van der Waals surface area contributed by atoms with E-state index in [-0.39, 0.29) is 22.4 Å². The van der Waals surface area contributed by atoms with Gasteiger partial charge in [0, 0.05) is 12.7 Å². The number of halogens is 5. The lowest BCUT2D eigenvalue weighted by Gasteiger charge is -2.30. The highest BCUT2D eigenvalue weighted by Crippen LogP contribution is 2.37. The summed E-state index contributed by atoms with van der Waals surface area (Å²) < 4.78 is 82.5. The average molecular weight is 493 g/mol. The van der Waals surface area contributed by atoms with E-state index in [2.05, 4.69) is 26.0 Å². The molecule has 3 heterocycles. The first-order valence-corrected chi connectivity index (χ1v) is 10.7. The normalized spacial score (nSPS) is 15.0. The second-order valence-corrected chi connectivity index (χ2v) is 9.21. The Morgan fingerprint density at radius 1 is 1.24 bits per heavy atom. The molecule has 0 spiro atoms. The summed E-state index contributed by atoms with van der Waals surface area (Å²) >= 11 is 3.08. The third-order valence-electron chi connectivity index (χ3n) is 4.68. The van der Waals surface area contributed by atoms with Gasteiger partial charge in [-0.1, -0.05) is 0 Å². The SMILES string of the molecule is Cc1nn2c(C(F)(F)F)ccnc2c1S(=O)(=O)N1CCCc2cc(Br)c(F)cc21. The number of fused-ring (bicyclic) bond motifs is 2. The fourth-order valence-electron chi connectivity index (χ4n) is 3.45. The largest absolute Gasteiger partial charge is 0.433 e. The van der Waals surface area contributed by atoms with Crippen molar-refractivity contribution in [3.8, 4) is 0 Å². The van der Waals surface area contributed by atoms with Crippen molar-refractivity contribution in [3.63, 3.8) is 0 Å². The van der Waals surface area contributed by atoms with Gasteiger partial charge in [0.15, 0.2) is 10.5 Å². The summed E-state index contributed by atoms with van der Waals surface area (Å²) in [6.07, 6.45) is -2.83. The molecule has 0 N–H and O–H groups in total. The molecule has 0 fully saturated rings. The number of hydrogen-bond donors (Lipinski definition) is 0. The molecule has 3 aromatic rings. The molecule has 4 rings (SSSR count). The maximum atomic E-state index is 14.1. The fourth-order valence-corrected chi connectivity index (χ4v) is 5.64. The zero-order valence-corrected chi connectivity index (χ0v) is 17.2. The van der Waals surface area contributed by atoms with Gasteiger partial charge in [0.25, 0.3) is 10.0 Å². The van der Waals surface area contributed by atoms with E-state index < -0.39 is 38.3 Å². The predicted octanol–water partition coefficient (Wildman–Crippen LogP) is 4.10. The first kappa shape index (κ1) is 20.1. The Morgan fingerprint density at radius 2 is 1.97 bits per heavy atom. The van der Waals surface area contributed by atoms with Crippen molar-refractivity contribution in [3.05, 3.63) is 51.6 Å². The lowest BCUT2D eigenvalue weighted by atomic mass is 10.0. The number of hydrogen-bond acceptors (Lipinski definition) is 4. The van der Waals surface area contributed by atoms with E-state index in [1.807, 2.05) is 0 Å². The van der Waals surface area contributed by atoms with Crippen LogP contribution in [-0.4, -0.2) is 29.6 Å². The first-order valence-electron chi connectivity index (χ1n) is 8.44. The number of nitrogens with zero attached hydrogens (tertiary/aromatic N) is 4. The molecule has 12 heteroatoms. The molecule has 0 aliphatic carbocycles. The van der Waals surface area contributed by atoms with Crippen molar-refractivity contribution in [1.29, 1.82) is 0 Å². The Kier molecular flexibility index (Phi) is 4.61. The highest BCUT2D eigenvalue weighted by molar-refractivity contribution is 9.10. The van der Waals surface area contributed by atoms with Crippen LogP contribution in [0.4, 0.5) is 23.2 Å². The number of sulfonamides is 1. The van der Waals surface area contributed by atoms with E-state index in [1.54, 1.807) is 0 Å². The van der Waals surface area contributed by atoms with Gasteiger partial charge in [0.05, 0.1) is 15.9 Å². The second kappa shape index (κ2) is 6.66. The molecular weight excluding hydrogens is 480 g/mol. The standard InChI is InChI=1S/C17H13BrF4N4O2S/c1-9-15(16-23-5-4-14(17(20,21)22)26(16)24-9)29(27,28)25-6-2-3-10-7-11(18)12(19)8-13(10)25/h4-5,7-8H,2-3,6H2,1H3. The van der Waals surface area contributed by atoms with Gasteiger partial charge in [0.1, 0.15) is 11.5 Å². The van der Waals surface area contributed by atoms with E-state index in [0.29, 0.717) is 22.9 Å². The molecular formula is C17H13BrF4N4O2S. The number of aryl methyl sites for hydroxylation is 2. The molecule has 0 bridgehead atoms. The first-order chi connectivity index (χ1) is 13.5. The maximum absolute atomic E-state index is 14.1. The summed E-state index contributed by atoms with van der Waals surface area (Å²) in [6.45, 7) is 1.36. The molecule has 0 unspecified atom stereocenters. The summed E-state index contributed by atoms with van der Waals surface area (Å²) in [6, 6.07) is 3.33. The minimum atomic E-state index is -4.74. The number of aromatic nitrogens is 3. The summed E-state index contributed by atoms with van der Waals surface area (Å²) in [5.74, 6) is -0.639. The molecule has 1 aromatic carbocycles. The highest BCUT2D eigenvalue weighted by Gasteiger charge is 2.38. The summed E-state index contributed by atoms with van der Waals surface area (Å²) in [5.41, 5.74) is -0.921. The van der Waals surface area contributed by atoms with E-state index in [0.717, 1.165) is 22.6 Å². The Balaban J connectivity index is 1.94. The van der Waals surface area contributed by atoms with Crippen LogP contribution >= 0.6 is 15.9 Å². The zero-order chi connectivity index (χ0) is 21.1. The van der Waals surface area contributed by atoms with Crippen LogP contribution in [0.5, 0.6) is 0 Å². The molecule has 0 radical (unpaired) electrons. The van der Waals surface area contributed by atoms with Crippen LogP contribution in [0.25, 0.3) is 5.65 Å². The number of alkyl halides is 3. The van der Waals surface area contributed by atoms with Crippen LogP contribution in [0.1, 0.15) is 23.4 Å². The Morgan fingerprint density at radius 3 is 2.66 bits per heavy atom. The topological polar surface area (TPSA) is 67.6 Å². The van der Waals surface area contributed by atoms with Crippen molar-refractivity contribution in [2.75, 3.05) is 10.8 Å². The van der Waals surface area contributed by atoms with Gasteiger partial charge >= 0.3 is 6.18 Å². The third-order valence-corrected chi connectivity index (χ3v) is 7.24. The molecule has 0 atom stereocenters. The van der Waals surface area contributed by atoms with E-state index in [9.17, 15) is 26.0 Å². The molecule has 6 nitrogen and oxygen atoms in total. The smallest absolute Gasteiger partial charge is 0.266 e. The summed E-state index contributed by atoms with van der Waals surface area (Å²) in [7, 11) is -4.34. The van der Waals surface area contributed by atoms with Gasteiger partial charge in [-0.15, -0.1) is 0 Å². The Bertz CT molecular complexity index is 1240. The van der Waals surface area contributed by atoms with Gasteiger partial charge in [-0.05, 0) is 59.5 Å². The van der Waals surface area contributed by atoms with Crippen LogP contribution in [0, 0.1) is 12.7 Å². The van der Waals surface area contributed by atoms with Crippen molar-refractivity contribution < 1.29 is 26.0 Å². The molecule has 0 saturated heterocycles. The molecule has 0 saturated carbocycles. The number of anilines is 1. The minimum absolute atomic E-state index is 0.0617. The molecule has 154 valence electrons. The number of rotatable bonds is 2. The fraction of sp³-hybridized carbons (Fsp3) is 0.294. The van der Waals surface area contributed by atoms with E-state index in [4.69, 9.17) is 0 Å². The maximum Gasteiger partial charge on any atom is 0.433 e. The van der Waals surface area contributed by atoms with Crippen LogP contribution in [-0.2, 0) is 22.6 Å². The quantitative estimate of drug-likeness (QED) is 0.505. The van der Waals surface area contributed by atoms with Gasteiger partial charge in [0.2, 0.25) is 0 Å². The third kappa shape index (κ3) is 3.18. The van der Waals surface area contributed by atoms with Crippen molar-refractivity contribution in [2.24, 2.45) is 0 Å². The van der Waals surface area contributed by atoms with Gasteiger partial charge < -0.3 is 0 Å². The van der Waals surface area contributed by atoms with Crippen molar-refractivity contribution in [2.45, 2.75) is 30.8 Å². The van der Waals surface area contributed by atoms with Gasteiger partial charge in [-0.3, -0.25) is 4.31 Å². The lowest BCUT2D eigenvalue weighted by Crippen LogP contribution is -2.36. The Labute approximate surface area is 171 Å². The van der Waals surface area contributed by atoms with Crippen molar-refractivity contribution >= 4 is 37.3 Å². The lowest BCUT2D eigenvalue weighted by molar-refractivity contribution is -0.142. The monoisotopic (exact) mass is 492 g/mol. The van der Waals surface area contributed by atoms with Crippen LogP contribution < -0.4 is 4.31 Å². The second-order valence-electron chi connectivity index (χ2n) is 6.55. The minimum Gasteiger partial charge on any atom is -0.266 e. The van der Waals surface area contributed by atoms with E-state index in [1.165, 1.54) is 13.0 Å². The molecule has 1 aliphatic heterocycles. The average Bonchev–Trinajstić information content (AvgIpc) is 2.97. The highest BCUT2D eigenvalue weighted by atomic mass is 79.9. The van der Waals surface area contributed by atoms with Gasteiger partial charge in [-0.25, -0.2) is 22.3 Å². The van der Waals surface area contributed by atoms with Gasteiger partial charge in [-0.2, -0.15) is 18.3 Å². The molecule has 1 aliphatic rings. The molecule has 0 amide bonds. The van der Waals surface area contributed by atoms with E-state index >= 15 is 0 Å². The van der Waals surface area contributed by atoms with Crippen molar-refractivity contribution in [1.82, 2.24) is 14.6 Å². The van der Waals surface area contributed by atoms with Crippen LogP contribution in [0.3, 0.4) is 0 Å². The molecule has 2 aromatic heterocycles. The molecule has 29 heavy (non-hydrogen) atoms. The van der Waals surface area contributed by atoms with Crippen LogP contribution in [0.2, 0.25) is 0 Å². The summed E-state index contributed by atoms with van der Waals surface area (Å²) in [5, 5.41) is 3.78. The Hall–Kier alpha value is -2.21. The zero-order valence-electron chi connectivity index (χ0n) is 14.8. The number of benzene rings is 1.